The summed E-state index contributed by atoms with van der Waals surface area (Å²) in [7, 11) is 0. The fourth-order valence-electron chi connectivity index (χ4n) is 9.40. The summed E-state index contributed by atoms with van der Waals surface area (Å²) < 4.78 is 2.67. The molecule has 0 atom stereocenters. The highest BCUT2D eigenvalue weighted by Crippen LogP contribution is 2.44. The van der Waals surface area contributed by atoms with Gasteiger partial charge in [0.2, 0.25) is 0 Å². The SMILES string of the molecule is c1ccc2c(c1)sc1c(-c3ccc4c5ccccc5c5cc6c7ccccc7c7ccccc7c7ccccc7c6cc5c5ccccc5c4c3)cccc12. The van der Waals surface area contributed by atoms with Crippen LogP contribution in [-0.4, -0.2) is 0 Å². The zero-order valence-corrected chi connectivity index (χ0v) is 30.7. The minimum atomic E-state index is 1.24. The number of fused-ring (bicyclic) bond motifs is 19. The Balaban J connectivity index is 1.30. The van der Waals surface area contributed by atoms with Crippen LogP contribution in [0.3, 0.4) is 0 Å². The lowest BCUT2D eigenvalue weighted by atomic mass is 9.89. The number of hydrogen-bond donors (Lipinski definition) is 0. The normalized spacial score (nSPS) is 12.0. The topological polar surface area (TPSA) is 0 Å². The molecule has 0 fully saturated rings. The molecule has 0 spiro atoms. The van der Waals surface area contributed by atoms with Gasteiger partial charge in [0.15, 0.2) is 0 Å². The Kier molecular flexibility index (Phi) is 6.60. The molecule has 1 aromatic heterocycles. The Morgan fingerprint density at radius 2 is 0.545 bits per heavy atom. The maximum atomic E-state index is 2.50. The predicted molar refractivity (Wildman–Crippen MR) is 242 cm³/mol. The van der Waals surface area contributed by atoms with Crippen molar-refractivity contribution in [1.82, 2.24) is 0 Å². The fourth-order valence-corrected chi connectivity index (χ4v) is 10.6. The molecule has 1 heteroatoms. The first-order chi connectivity index (χ1) is 27.3. The Morgan fingerprint density at radius 1 is 0.218 bits per heavy atom. The molecule has 55 heavy (non-hydrogen) atoms. The van der Waals surface area contributed by atoms with Crippen LogP contribution in [0.25, 0.3) is 117 Å². The van der Waals surface area contributed by atoms with Crippen LogP contribution in [-0.2, 0) is 0 Å². The maximum absolute atomic E-state index is 2.50. The molecular formula is C54H32S. The van der Waals surface area contributed by atoms with E-state index in [1.807, 2.05) is 11.3 Å². The molecule has 0 unspecified atom stereocenters. The first-order valence-electron chi connectivity index (χ1n) is 19.0. The molecule has 0 amide bonds. The number of rotatable bonds is 1. The van der Waals surface area contributed by atoms with Gasteiger partial charge in [-0.05, 0) is 122 Å². The number of benzene rings is 9. The van der Waals surface area contributed by atoms with Crippen molar-refractivity contribution in [2.45, 2.75) is 0 Å². The van der Waals surface area contributed by atoms with Crippen molar-refractivity contribution in [2.24, 2.45) is 0 Å². The summed E-state index contributed by atoms with van der Waals surface area (Å²) in [6.07, 6.45) is 0. The van der Waals surface area contributed by atoms with E-state index < -0.39 is 0 Å². The quantitative estimate of drug-likeness (QED) is 0.159. The van der Waals surface area contributed by atoms with Crippen molar-refractivity contribution in [3.63, 3.8) is 0 Å². The van der Waals surface area contributed by atoms with Crippen LogP contribution >= 0.6 is 11.3 Å². The average molecular weight is 713 g/mol. The second-order valence-electron chi connectivity index (χ2n) is 14.7. The van der Waals surface area contributed by atoms with E-state index in [-0.39, 0.29) is 0 Å². The van der Waals surface area contributed by atoms with Gasteiger partial charge in [-0.2, -0.15) is 0 Å². The van der Waals surface area contributed by atoms with Crippen LogP contribution in [0.4, 0.5) is 0 Å². The molecule has 0 aliphatic heterocycles. The van der Waals surface area contributed by atoms with E-state index in [0.717, 1.165) is 0 Å². The predicted octanol–water partition coefficient (Wildman–Crippen LogP) is 16.1. The van der Waals surface area contributed by atoms with Crippen molar-refractivity contribution in [2.75, 3.05) is 0 Å². The van der Waals surface area contributed by atoms with E-state index in [0.29, 0.717) is 0 Å². The van der Waals surface area contributed by atoms with Gasteiger partial charge in [0.1, 0.15) is 0 Å². The van der Waals surface area contributed by atoms with E-state index in [4.69, 9.17) is 0 Å². The third-order valence-corrected chi connectivity index (χ3v) is 13.1. The summed E-state index contributed by atoms with van der Waals surface area (Å²) in [5.74, 6) is 0. The highest BCUT2D eigenvalue weighted by atomic mass is 32.1. The molecule has 11 aromatic carbocycles. The zero-order chi connectivity index (χ0) is 36.0. The van der Waals surface area contributed by atoms with Gasteiger partial charge < -0.3 is 0 Å². The van der Waals surface area contributed by atoms with Crippen molar-refractivity contribution < 1.29 is 0 Å². The standard InChI is InChI=1S/C54H32S/c1-2-15-36-35(14-1)37-16-3-6-19-40(37)49-31-51-42-21-8-5-18-39(42)45-29-28-33(34-25-13-26-47-46-24-11-12-27-53(46)55-54(34)47)30-48(45)43-22-9-10-23-44(43)52(51)32-50(49)41-20-7-4-17-38(36)41/h1-32H. The monoisotopic (exact) mass is 712 g/mol. The van der Waals surface area contributed by atoms with Gasteiger partial charge in [-0.15, -0.1) is 11.3 Å². The fraction of sp³-hybridized carbons (Fsp3) is 0. The summed E-state index contributed by atoms with van der Waals surface area (Å²) in [5, 5.41) is 22.8. The van der Waals surface area contributed by atoms with Crippen molar-refractivity contribution in [3.8, 4) is 11.1 Å². The lowest BCUT2D eigenvalue weighted by molar-refractivity contribution is 1.73. The zero-order valence-electron chi connectivity index (χ0n) is 29.9. The van der Waals surface area contributed by atoms with Gasteiger partial charge >= 0.3 is 0 Å². The first-order valence-corrected chi connectivity index (χ1v) is 19.8. The molecule has 254 valence electrons. The molecule has 12 rings (SSSR count). The third kappa shape index (κ3) is 4.51. The number of thiophene rings is 1. The van der Waals surface area contributed by atoms with Crippen molar-refractivity contribution in [3.05, 3.63) is 194 Å². The van der Waals surface area contributed by atoms with E-state index >= 15 is 0 Å². The van der Waals surface area contributed by atoms with E-state index in [2.05, 4.69) is 194 Å². The number of hydrogen-bond acceptors (Lipinski definition) is 1. The Labute approximate surface area is 321 Å². The van der Waals surface area contributed by atoms with Gasteiger partial charge in [0, 0.05) is 20.2 Å². The molecule has 0 radical (unpaired) electrons. The van der Waals surface area contributed by atoms with E-state index in [1.165, 1.54) is 117 Å². The van der Waals surface area contributed by atoms with Crippen LogP contribution in [0, 0.1) is 0 Å². The lowest BCUT2D eigenvalue weighted by Gasteiger charge is -2.14. The van der Waals surface area contributed by atoms with Gasteiger partial charge in [-0.25, -0.2) is 0 Å². The highest BCUT2D eigenvalue weighted by Gasteiger charge is 2.15. The smallest absolute Gasteiger partial charge is 0.0433 e. The molecule has 0 saturated heterocycles. The second kappa shape index (κ2) is 11.9. The summed E-state index contributed by atoms with van der Waals surface area (Å²) in [5.41, 5.74) is 2.53. The molecule has 1 heterocycles. The maximum Gasteiger partial charge on any atom is 0.0433 e. The van der Waals surface area contributed by atoms with Crippen molar-refractivity contribution >= 4 is 118 Å². The van der Waals surface area contributed by atoms with Crippen molar-refractivity contribution in [1.29, 1.82) is 0 Å². The average Bonchev–Trinajstić information content (AvgIpc) is 3.64. The Bertz CT molecular complexity index is 3660. The summed E-state index contributed by atoms with van der Waals surface area (Å²) in [6.45, 7) is 0. The largest absolute Gasteiger partial charge is 0.135 e. The molecule has 12 aromatic rings. The third-order valence-electron chi connectivity index (χ3n) is 11.8. The van der Waals surface area contributed by atoms with Crippen LogP contribution < -0.4 is 0 Å². The lowest BCUT2D eigenvalue weighted by Crippen LogP contribution is -1.87. The van der Waals surface area contributed by atoms with Crippen LogP contribution in [0.1, 0.15) is 0 Å². The van der Waals surface area contributed by atoms with E-state index in [9.17, 15) is 0 Å². The summed E-state index contributed by atoms with van der Waals surface area (Å²) >= 11 is 1.89. The second-order valence-corrected chi connectivity index (χ2v) is 15.8. The first kappa shape index (κ1) is 30.6. The minimum Gasteiger partial charge on any atom is -0.135 e. The Morgan fingerprint density at radius 3 is 0.982 bits per heavy atom. The minimum absolute atomic E-state index is 1.24. The van der Waals surface area contributed by atoms with Gasteiger partial charge in [-0.3, -0.25) is 0 Å². The van der Waals surface area contributed by atoms with Crippen LogP contribution in [0.15, 0.2) is 194 Å². The molecule has 0 saturated carbocycles. The van der Waals surface area contributed by atoms with Gasteiger partial charge in [0.25, 0.3) is 0 Å². The van der Waals surface area contributed by atoms with Crippen LogP contribution in [0.2, 0.25) is 0 Å². The molecule has 0 aliphatic carbocycles. The highest BCUT2D eigenvalue weighted by molar-refractivity contribution is 7.26. The molecule has 0 aliphatic rings. The molecule has 0 nitrogen and oxygen atoms in total. The molecule has 0 bridgehead atoms. The van der Waals surface area contributed by atoms with Crippen LogP contribution in [0.5, 0.6) is 0 Å². The molecule has 0 N–H and O–H groups in total. The summed E-state index contributed by atoms with van der Waals surface area (Å²) in [6, 6.07) is 72.6. The van der Waals surface area contributed by atoms with E-state index in [1.54, 1.807) is 0 Å². The Hall–Kier alpha value is -6.80. The summed E-state index contributed by atoms with van der Waals surface area (Å²) in [4.78, 5) is 0. The molecular weight excluding hydrogens is 681 g/mol. The van der Waals surface area contributed by atoms with Gasteiger partial charge in [0.05, 0.1) is 0 Å². The van der Waals surface area contributed by atoms with Gasteiger partial charge in [-0.1, -0.05) is 170 Å².